The molecule has 5 heteroatoms. The number of rotatable bonds is 4. The van der Waals surface area contributed by atoms with Gasteiger partial charge >= 0.3 is 5.97 Å². The molecule has 2 amide bonds. The molecule has 0 spiro atoms. The van der Waals surface area contributed by atoms with Crippen molar-refractivity contribution in [3.8, 4) is 0 Å². The number of nitrogens with zero attached hydrogens (tertiary/aromatic N) is 1. The van der Waals surface area contributed by atoms with Crippen LogP contribution in [0.3, 0.4) is 0 Å². The van der Waals surface area contributed by atoms with Gasteiger partial charge in [-0.2, -0.15) is 0 Å². The molecule has 5 rings (SSSR count). The topological polar surface area (TPSA) is 63.7 Å². The lowest BCUT2D eigenvalue weighted by Gasteiger charge is -2.51. The number of benzene rings is 2. The molecule has 34 heavy (non-hydrogen) atoms. The minimum absolute atomic E-state index is 0.0265. The molecule has 0 N–H and O–H groups in total. The highest BCUT2D eigenvalue weighted by Gasteiger charge is 2.70. The highest BCUT2D eigenvalue weighted by Crippen LogP contribution is 2.63. The Bertz CT molecular complexity index is 1260. The number of amides is 2. The fourth-order valence-corrected chi connectivity index (χ4v) is 6.24. The molecule has 1 fully saturated rings. The average molecular weight is 454 g/mol. The Balaban J connectivity index is 1.76. The van der Waals surface area contributed by atoms with Crippen molar-refractivity contribution in [2.45, 2.75) is 31.7 Å². The van der Waals surface area contributed by atoms with E-state index in [2.05, 4.69) is 6.58 Å². The van der Waals surface area contributed by atoms with Crippen LogP contribution in [-0.2, 0) is 31.1 Å². The number of imide groups is 1. The summed E-state index contributed by atoms with van der Waals surface area (Å²) in [5.74, 6) is -2.03. The molecule has 1 aliphatic heterocycles. The summed E-state index contributed by atoms with van der Waals surface area (Å²) >= 11 is 0. The van der Waals surface area contributed by atoms with Crippen LogP contribution in [0.1, 0.15) is 36.5 Å². The molecule has 4 atom stereocenters. The molecule has 2 aromatic rings. The van der Waals surface area contributed by atoms with Crippen LogP contribution in [0.4, 0.5) is 0 Å². The van der Waals surface area contributed by atoms with E-state index in [1.807, 2.05) is 85.8 Å². The second kappa shape index (κ2) is 7.94. The molecule has 1 saturated heterocycles. The monoisotopic (exact) mass is 453 g/mol. The summed E-state index contributed by atoms with van der Waals surface area (Å²) < 4.78 is 5.59. The van der Waals surface area contributed by atoms with Gasteiger partial charge in [0.2, 0.25) is 11.8 Å². The third-order valence-corrected chi connectivity index (χ3v) is 7.59. The number of fused-ring (bicyclic) bond motifs is 3. The Morgan fingerprint density at radius 3 is 2.50 bits per heavy atom. The van der Waals surface area contributed by atoms with Gasteiger partial charge in [-0.15, -0.1) is 0 Å². The van der Waals surface area contributed by atoms with E-state index >= 15 is 0 Å². The van der Waals surface area contributed by atoms with Crippen LogP contribution in [0, 0.1) is 11.3 Å². The summed E-state index contributed by atoms with van der Waals surface area (Å²) in [6.07, 6.45) is 7.59. The van der Waals surface area contributed by atoms with Crippen molar-refractivity contribution >= 4 is 17.8 Å². The fourth-order valence-electron chi connectivity index (χ4n) is 6.24. The van der Waals surface area contributed by atoms with Crippen molar-refractivity contribution in [3.05, 3.63) is 108 Å². The summed E-state index contributed by atoms with van der Waals surface area (Å²) in [6, 6.07) is 17.4. The lowest BCUT2D eigenvalue weighted by Crippen LogP contribution is -2.55. The first-order valence-corrected chi connectivity index (χ1v) is 11.5. The molecule has 172 valence electrons. The highest BCUT2D eigenvalue weighted by atomic mass is 16.5. The Hall–Kier alpha value is -3.73. The Morgan fingerprint density at radius 1 is 1.06 bits per heavy atom. The first-order chi connectivity index (χ1) is 16.3. The standard InChI is InChI=1S/C29H27NO4/c1-19-11-9-10-16-29(18-34-20(2)31)23-15-8-7-14-22(23)24(19)28(3)25(29)26(32)30(27(28)33)17-21-12-5-4-6-13-21/h4-16,24-25H,1,17-18H2,2-3H3/b11-9-,16-10-. The lowest BCUT2D eigenvalue weighted by molar-refractivity contribution is -0.146. The lowest BCUT2D eigenvalue weighted by atomic mass is 9.49. The SMILES string of the molecule is C=C1/C=C\C=C/C2(COC(C)=O)c3ccccc3C1C1(C)C(=O)N(Cc3ccccc3)C(=O)C21. The molecule has 0 radical (unpaired) electrons. The summed E-state index contributed by atoms with van der Waals surface area (Å²) in [4.78, 5) is 41.7. The van der Waals surface area contributed by atoms with E-state index in [-0.39, 0.29) is 30.9 Å². The summed E-state index contributed by atoms with van der Waals surface area (Å²) in [5, 5.41) is 0. The number of carbonyl (C=O) groups is 3. The Morgan fingerprint density at radius 2 is 1.76 bits per heavy atom. The van der Waals surface area contributed by atoms with Crippen molar-refractivity contribution in [1.29, 1.82) is 0 Å². The molecule has 2 bridgehead atoms. The van der Waals surface area contributed by atoms with Crippen molar-refractivity contribution in [1.82, 2.24) is 4.90 Å². The van der Waals surface area contributed by atoms with Crippen molar-refractivity contribution < 1.29 is 19.1 Å². The Labute approximate surface area is 199 Å². The summed E-state index contributed by atoms with van der Waals surface area (Å²) in [5.41, 5.74) is 1.42. The second-order valence-corrected chi connectivity index (χ2v) is 9.56. The van der Waals surface area contributed by atoms with Crippen LogP contribution in [0.5, 0.6) is 0 Å². The molecule has 5 nitrogen and oxygen atoms in total. The molecule has 1 heterocycles. The second-order valence-electron chi connectivity index (χ2n) is 9.56. The quantitative estimate of drug-likeness (QED) is 0.507. The molecule has 4 unspecified atom stereocenters. The first-order valence-electron chi connectivity index (χ1n) is 11.5. The molecule has 0 aromatic heterocycles. The van der Waals surface area contributed by atoms with Gasteiger partial charge in [0.25, 0.3) is 0 Å². The van der Waals surface area contributed by atoms with Gasteiger partial charge in [0.1, 0.15) is 6.61 Å². The van der Waals surface area contributed by atoms with E-state index in [4.69, 9.17) is 4.74 Å². The zero-order valence-electron chi connectivity index (χ0n) is 19.4. The maximum atomic E-state index is 14.2. The van der Waals surface area contributed by atoms with E-state index in [1.54, 1.807) is 0 Å². The average Bonchev–Trinajstić information content (AvgIpc) is 3.07. The molecule has 2 aromatic carbocycles. The maximum absolute atomic E-state index is 14.2. The summed E-state index contributed by atoms with van der Waals surface area (Å²) in [6.45, 7) is 7.73. The van der Waals surface area contributed by atoms with Gasteiger partial charge in [-0.05, 0) is 29.2 Å². The smallest absolute Gasteiger partial charge is 0.302 e. The Kier molecular flexibility index (Phi) is 5.16. The van der Waals surface area contributed by atoms with Gasteiger partial charge in [0, 0.05) is 12.8 Å². The highest BCUT2D eigenvalue weighted by molar-refractivity contribution is 6.09. The van der Waals surface area contributed by atoms with Gasteiger partial charge in [-0.1, -0.05) is 85.5 Å². The van der Waals surface area contributed by atoms with Crippen LogP contribution in [0.2, 0.25) is 0 Å². The molecular formula is C29H27NO4. The number of likely N-dealkylation sites (tertiary alicyclic amines) is 1. The predicted octanol–water partition coefficient (Wildman–Crippen LogP) is 4.46. The van der Waals surface area contributed by atoms with Crippen LogP contribution in [0.25, 0.3) is 0 Å². The largest absolute Gasteiger partial charge is 0.465 e. The molecule has 3 aliphatic rings. The van der Waals surface area contributed by atoms with Crippen LogP contribution in [-0.4, -0.2) is 29.3 Å². The van der Waals surface area contributed by atoms with E-state index in [9.17, 15) is 14.4 Å². The van der Waals surface area contributed by atoms with Crippen molar-refractivity contribution in [2.24, 2.45) is 11.3 Å². The minimum atomic E-state index is -1.09. The minimum Gasteiger partial charge on any atom is -0.465 e. The third kappa shape index (κ3) is 3.03. The van der Waals surface area contributed by atoms with E-state index in [1.165, 1.54) is 11.8 Å². The number of ether oxygens (including phenoxy) is 1. The summed E-state index contributed by atoms with van der Waals surface area (Å²) in [7, 11) is 0. The number of allylic oxidation sites excluding steroid dienone is 4. The van der Waals surface area contributed by atoms with Crippen molar-refractivity contribution in [2.75, 3.05) is 6.61 Å². The third-order valence-electron chi connectivity index (χ3n) is 7.59. The van der Waals surface area contributed by atoms with Crippen LogP contribution in [0.15, 0.2) is 91.1 Å². The number of hydrogen-bond acceptors (Lipinski definition) is 4. The predicted molar refractivity (Wildman–Crippen MR) is 129 cm³/mol. The van der Waals surface area contributed by atoms with E-state index in [0.717, 1.165) is 22.3 Å². The fraction of sp³-hybridized carbons (Fsp3) is 0.276. The van der Waals surface area contributed by atoms with E-state index < -0.39 is 22.7 Å². The van der Waals surface area contributed by atoms with Gasteiger partial charge in [-0.3, -0.25) is 19.3 Å². The van der Waals surface area contributed by atoms with Crippen LogP contribution >= 0.6 is 0 Å². The molecule has 2 aliphatic carbocycles. The zero-order valence-corrected chi connectivity index (χ0v) is 19.4. The van der Waals surface area contributed by atoms with Gasteiger partial charge in [0.15, 0.2) is 0 Å². The maximum Gasteiger partial charge on any atom is 0.302 e. The molecular weight excluding hydrogens is 426 g/mol. The van der Waals surface area contributed by atoms with Gasteiger partial charge in [-0.25, -0.2) is 0 Å². The number of esters is 1. The van der Waals surface area contributed by atoms with Gasteiger partial charge < -0.3 is 4.74 Å². The normalized spacial score (nSPS) is 31.2. The first kappa shape index (κ1) is 22.1. The van der Waals surface area contributed by atoms with E-state index in [0.29, 0.717) is 0 Å². The zero-order chi connectivity index (χ0) is 24.1. The number of hydrogen-bond donors (Lipinski definition) is 0. The van der Waals surface area contributed by atoms with Gasteiger partial charge in [0.05, 0.1) is 23.3 Å². The molecule has 0 saturated carbocycles. The number of carbonyl (C=O) groups excluding carboxylic acids is 3. The van der Waals surface area contributed by atoms with Crippen LogP contribution < -0.4 is 0 Å². The van der Waals surface area contributed by atoms with Crippen molar-refractivity contribution in [3.63, 3.8) is 0 Å².